The molecule has 0 radical (unpaired) electrons. The molecule has 4 amide bonds. The molecular formula is C22H31N5O3. The van der Waals surface area contributed by atoms with Gasteiger partial charge in [-0.3, -0.25) is 19.9 Å². The lowest BCUT2D eigenvalue weighted by Crippen LogP contribution is -2.54. The van der Waals surface area contributed by atoms with Crippen molar-refractivity contribution in [3.63, 3.8) is 0 Å². The number of urea groups is 1. The first-order chi connectivity index (χ1) is 14.4. The van der Waals surface area contributed by atoms with Crippen LogP contribution in [0, 0.1) is 12.8 Å². The van der Waals surface area contributed by atoms with Crippen molar-refractivity contribution in [2.24, 2.45) is 5.92 Å². The molecule has 1 aromatic rings. The van der Waals surface area contributed by atoms with Crippen molar-refractivity contribution in [1.82, 2.24) is 20.7 Å². The summed E-state index contributed by atoms with van der Waals surface area (Å²) in [7, 11) is 0. The zero-order valence-electron chi connectivity index (χ0n) is 17.8. The molecule has 0 bridgehead atoms. The normalized spacial score (nSPS) is 27.5. The first kappa shape index (κ1) is 20.7. The van der Waals surface area contributed by atoms with Crippen LogP contribution in [0.15, 0.2) is 24.3 Å². The summed E-state index contributed by atoms with van der Waals surface area (Å²) in [6.07, 6.45) is 3.07. The summed E-state index contributed by atoms with van der Waals surface area (Å²) in [6, 6.07) is 7.89. The minimum atomic E-state index is -0.837. The van der Waals surface area contributed by atoms with E-state index < -0.39 is 11.6 Å². The number of piperazine rings is 1. The van der Waals surface area contributed by atoms with Crippen molar-refractivity contribution in [2.45, 2.75) is 45.1 Å². The Morgan fingerprint density at radius 1 is 1.17 bits per heavy atom. The van der Waals surface area contributed by atoms with Gasteiger partial charge in [-0.1, -0.05) is 19.1 Å². The molecule has 0 aromatic heterocycles. The SMILES string of the molecule is Cc1cccc(N2CCN(CC(=O)NN3C(=O)NC4(CCC(C)CC4)C3=O)CC2)c1. The molecule has 4 rings (SSSR count). The Kier molecular flexibility index (Phi) is 5.69. The molecule has 1 saturated carbocycles. The molecule has 2 aliphatic heterocycles. The molecule has 1 aromatic carbocycles. The van der Waals surface area contributed by atoms with Gasteiger partial charge >= 0.3 is 6.03 Å². The van der Waals surface area contributed by atoms with Crippen LogP contribution in [0.2, 0.25) is 0 Å². The molecular weight excluding hydrogens is 382 g/mol. The number of aryl methyl sites for hydroxylation is 1. The first-order valence-corrected chi connectivity index (χ1v) is 10.9. The summed E-state index contributed by atoms with van der Waals surface area (Å²) >= 11 is 0. The largest absolute Gasteiger partial charge is 0.369 e. The van der Waals surface area contributed by atoms with Crippen LogP contribution >= 0.6 is 0 Å². The summed E-state index contributed by atoms with van der Waals surface area (Å²) in [5, 5.41) is 3.72. The first-order valence-electron chi connectivity index (χ1n) is 10.9. The van der Waals surface area contributed by atoms with Gasteiger partial charge in [0.15, 0.2) is 0 Å². The van der Waals surface area contributed by atoms with Crippen LogP contribution in [0.3, 0.4) is 0 Å². The molecule has 0 unspecified atom stereocenters. The highest BCUT2D eigenvalue weighted by molar-refractivity contribution is 6.08. The van der Waals surface area contributed by atoms with Gasteiger partial charge in [-0.2, -0.15) is 5.01 Å². The Bertz CT molecular complexity index is 826. The van der Waals surface area contributed by atoms with E-state index >= 15 is 0 Å². The minimum absolute atomic E-state index is 0.169. The van der Waals surface area contributed by atoms with Gasteiger partial charge in [0.2, 0.25) is 0 Å². The van der Waals surface area contributed by atoms with Gasteiger partial charge in [-0.15, -0.1) is 0 Å². The lowest BCUT2D eigenvalue weighted by atomic mass is 9.77. The number of hydrazine groups is 1. The fourth-order valence-electron chi connectivity index (χ4n) is 4.67. The number of amides is 4. The Morgan fingerprint density at radius 3 is 2.53 bits per heavy atom. The molecule has 1 aliphatic carbocycles. The summed E-state index contributed by atoms with van der Waals surface area (Å²) in [4.78, 5) is 42.1. The smallest absolute Gasteiger partial charge is 0.344 e. The third-order valence-corrected chi connectivity index (χ3v) is 6.63. The van der Waals surface area contributed by atoms with Gasteiger partial charge in [-0.25, -0.2) is 4.79 Å². The standard InChI is InChI=1S/C22H31N5O3/c1-16-6-8-22(9-7-16)20(29)27(21(30)23-22)24-19(28)15-25-10-12-26(13-11-25)18-5-3-4-17(2)14-18/h3-5,14,16H,6-13,15H2,1-2H3,(H,23,30)(H,24,28). The number of hydrogen-bond donors (Lipinski definition) is 2. The van der Waals surface area contributed by atoms with E-state index in [1.165, 1.54) is 11.3 Å². The predicted octanol–water partition coefficient (Wildman–Crippen LogP) is 1.65. The number of imide groups is 1. The van der Waals surface area contributed by atoms with Gasteiger partial charge in [-0.05, 0) is 56.2 Å². The number of hydrogen-bond acceptors (Lipinski definition) is 5. The molecule has 0 atom stereocenters. The second-order valence-corrected chi connectivity index (χ2v) is 8.97. The molecule has 3 aliphatic rings. The van der Waals surface area contributed by atoms with Crippen LogP contribution in [0.1, 0.15) is 38.2 Å². The van der Waals surface area contributed by atoms with Gasteiger partial charge in [0.1, 0.15) is 5.54 Å². The van der Waals surface area contributed by atoms with E-state index in [0.717, 1.165) is 44.0 Å². The van der Waals surface area contributed by atoms with Crippen LogP contribution in [0.25, 0.3) is 0 Å². The highest BCUT2D eigenvalue weighted by Gasteiger charge is 2.52. The summed E-state index contributed by atoms with van der Waals surface area (Å²) in [5.41, 5.74) is 4.13. The number of rotatable bonds is 4. The summed E-state index contributed by atoms with van der Waals surface area (Å²) < 4.78 is 0. The van der Waals surface area contributed by atoms with E-state index in [9.17, 15) is 14.4 Å². The maximum Gasteiger partial charge on any atom is 0.344 e. The number of anilines is 1. The van der Waals surface area contributed by atoms with Crippen LogP contribution in [0.4, 0.5) is 10.5 Å². The topological polar surface area (TPSA) is 85.0 Å². The van der Waals surface area contributed by atoms with Crippen molar-refractivity contribution in [2.75, 3.05) is 37.6 Å². The van der Waals surface area contributed by atoms with Crippen molar-refractivity contribution in [3.05, 3.63) is 29.8 Å². The van der Waals surface area contributed by atoms with E-state index in [0.29, 0.717) is 18.8 Å². The summed E-state index contributed by atoms with van der Waals surface area (Å²) in [5.74, 6) is -0.0943. The van der Waals surface area contributed by atoms with Crippen LogP contribution < -0.4 is 15.6 Å². The van der Waals surface area contributed by atoms with Gasteiger partial charge in [0, 0.05) is 31.9 Å². The maximum atomic E-state index is 12.9. The Hall–Kier alpha value is -2.61. The number of carbonyl (C=O) groups excluding carboxylic acids is 3. The fraction of sp³-hybridized carbons (Fsp3) is 0.591. The summed E-state index contributed by atoms with van der Waals surface area (Å²) in [6.45, 7) is 7.59. The molecule has 162 valence electrons. The third-order valence-electron chi connectivity index (χ3n) is 6.63. The number of benzene rings is 1. The number of nitrogens with zero attached hydrogens (tertiary/aromatic N) is 3. The second-order valence-electron chi connectivity index (χ2n) is 8.97. The molecule has 8 heteroatoms. The third kappa shape index (κ3) is 4.14. The second kappa shape index (κ2) is 8.26. The lowest BCUT2D eigenvalue weighted by molar-refractivity contribution is -0.140. The van der Waals surface area contributed by atoms with E-state index in [2.05, 4.69) is 58.7 Å². The Morgan fingerprint density at radius 2 is 1.87 bits per heavy atom. The van der Waals surface area contributed by atoms with Crippen LogP contribution in [0.5, 0.6) is 0 Å². The number of nitrogens with one attached hydrogen (secondary N) is 2. The molecule has 1 spiro atoms. The quantitative estimate of drug-likeness (QED) is 0.734. The minimum Gasteiger partial charge on any atom is -0.369 e. The monoisotopic (exact) mass is 413 g/mol. The zero-order chi connectivity index (χ0) is 21.3. The van der Waals surface area contributed by atoms with E-state index in [-0.39, 0.29) is 18.4 Å². The predicted molar refractivity (Wildman–Crippen MR) is 114 cm³/mol. The van der Waals surface area contributed by atoms with E-state index in [1.54, 1.807) is 0 Å². The van der Waals surface area contributed by atoms with Crippen molar-refractivity contribution < 1.29 is 14.4 Å². The molecule has 2 saturated heterocycles. The molecule has 2 N–H and O–H groups in total. The van der Waals surface area contributed by atoms with E-state index in [4.69, 9.17) is 0 Å². The fourth-order valence-corrected chi connectivity index (χ4v) is 4.67. The van der Waals surface area contributed by atoms with Crippen LogP contribution in [-0.4, -0.2) is 66.0 Å². The van der Waals surface area contributed by atoms with Gasteiger partial charge < -0.3 is 10.2 Å². The van der Waals surface area contributed by atoms with Crippen molar-refractivity contribution in [1.29, 1.82) is 0 Å². The average Bonchev–Trinajstić information content (AvgIpc) is 2.95. The molecule has 30 heavy (non-hydrogen) atoms. The van der Waals surface area contributed by atoms with Crippen LogP contribution in [-0.2, 0) is 9.59 Å². The zero-order valence-corrected chi connectivity index (χ0v) is 17.8. The maximum absolute atomic E-state index is 12.9. The van der Waals surface area contributed by atoms with Gasteiger partial charge in [0.05, 0.1) is 6.54 Å². The Labute approximate surface area is 177 Å². The number of carbonyl (C=O) groups is 3. The molecule has 3 fully saturated rings. The molecule has 2 heterocycles. The Balaban J connectivity index is 1.28. The van der Waals surface area contributed by atoms with E-state index in [1.807, 2.05) is 0 Å². The highest BCUT2D eigenvalue weighted by atomic mass is 16.2. The van der Waals surface area contributed by atoms with Crippen molar-refractivity contribution >= 4 is 23.5 Å². The molecule has 8 nitrogen and oxygen atoms in total. The average molecular weight is 414 g/mol. The highest BCUT2D eigenvalue weighted by Crippen LogP contribution is 2.35. The lowest BCUT2D eigenvalue weighted by Gasteiger charge is -2.36. The van der Waals surface area contributed by atoms with Gasteiger partial charge in [0.25, 0.3) is 11.8 Å². The van der Waals surface area contributed by atoms with Crippen molar-refractivity contribution in [3.8, 4) is 0 Å².